The molecule has 158 valence electrons. The lowest BCUT2D eigenvalue weighted by Gasteiger charge is -2.29. The normalized spacial score (nSPS) is 16.1. The number of thiazole rings is 1. The monoisotopic (exact) mass is 434 g/mol. The quantitative estimate of drug-likeness (QED) is 0.545. The third-order valence-corrected chi connectivity index (χ3v) is 6.50. The first-order chi connectivity index (χ1) is 15.2. The number of hydrogen-bond acceptors (Lipinski definition) is 6. The Hall–Kier alpha value is -3.19. The van der Waals surface area contributed by atoms with Gasteiger partial charge < -0.3 is 9.47 Å². The lowest BCUT2D eigenvalue weighted by Crippen LogP contribution is -2.43. The average molecular weight is 435 g/mol. The van der Waals surface area contributed by atoms with E-state index >= 15 is 0 Å². The molecule has 1 aromatic heterocycles. The third kappa shape index (κ3) is 4.18. The molecule has 0 N–H and O–H groups in total. The van der Waals surface area contributed by atoms with Crippen LogP contribution in [0, 0.1) is 0 Å². The summed E-state index contributed by atoms with van der Waals surface area (Å²) in [5, 5.41) is 2.92. The molecule has 0 bridgehead atoms. The number of anilines is 1. The SMILES string of the molecule is O=C(CN1C(=O)COc2ccc(-c3csc(-c4ccccc4)n3)cc21)OC1CCCC1. The first-order valence-corrected chi connectivity index (χ1v) is 11.3. The molecule has 1 amide bonds. The fourth-order valence-electron chi connectivity index (χ4n) is 4.01. The van der Waals surface area contributed by atoms with E-state index in [0.29, 0.717) is 11.4 Å². The number of ether oxygens (including phenoxy) is 2. The van der Waals surface area contributed by atoms with Gasteiger partial charge in [0.1, 0.15) is 23.4 Å². The Labute approximate surface area is 184 Å². The maximum atomic E-state index is 12.5. The zero-order valence-corrected chi connectivity index (χ0v) is 17.8. The molecule has 0 radical (unpaired) electrons. The van der Waals surface area contributed by atoms with Crippen molar-refractivity contribution in [3.8, 4) is 27.6 Å². The van der Waals surface area contributed by atoms with Crippen LogP contribution in [0.4, 0.5) is 5.69 Å². The van der Waals surface area contributed by atoms with Gasteiger partial charge in [0.2, 0.25) is 0 Å². The summed E-state index contributed by atoms with van der Waals surface area (Å²) in [5.41, 5.74) is 3.32. The Bertz CT molecular complexity index is 1110. The van der Waals surface area contributed by atoms with Crippen LogP contribution in [0.3, 0.4) is 0 Å². The van der Waals surface area contributed by atoms with E-state index in [2.05, 4.69) is 0 Å². The highest BCUT2D eigenvalue weighted by Gasteiger charge is 2.30. The zero-order chi connectivity index (χ0) is 21.2. The van der Waals surface area contributed by atoms with Crippen LogP contribution in [-0.2, 0) is 14.3 Å². The molecule has 3 aromatic rings. The standard InChI is InChI=1S/C24H22N2O4S/c27-22-14-29-21-11-10-17(19-15-31-24(25-19)16-6-2-1-3-7-16)12-20(21)26(22)13-23(28)30-18-8-4-5-9-18/h1-3,6-7,10-12,15,18H,4-5,8-9,13-14H2. The lowest BCUT2D eigenvalue weighted by molar-refractivity contribution is -0.147. The number of fused-ring (bicyclic) bond motifs is 1. The largest absolute Gasteiger partial charge is 0.482 e. The van der Waals surface area contributed by atoms with Gasteiger partial charge in [-0.2, -0.15) is 0 Å². The van der Waals surface area contributed by atoms with Crippen molar-refractivity contribution in [3.63, 3.8) is 0 Å². The number of esters is 1. The second kappa shape index (κ2) is 8.51. The van der Waals surface area contributed by atoms with Gasteiger partial charge in [-0.25, -0.2) is 4.98 Å². The van der Waals surface area contributed by atoms with E-state index < -0.39 is 0 Å². The van der Waals surface area contributed by atoms with Gasteiger partial charge in [-0.3, -0.25) is 14.5 Å². The van der Waals surface area contributed by atoms with Gasteiger partial charge in [-0.05, 0) is 43.9 Å². The number of rotatable bonds is 5. The van der Waals surface area contributed by atoms with E-state index in [1.54, 1.807) is 11.3 Å². The molecule has 0 atom stereocenters. The summed E-state index contributed by atoms with van der Waals surface area (Å²) in [7, 11) is 0. The van der Waals surface area contributed by atoms with Crippen molar-refractivity contribution in [1.82, 2.24) is 4.98 Å². The van der Waals surface area contributed by atoms with Gasteiger partial charge in [0.05, 0.1) is 11.4 Å². The third-order valence-electron chi connectivity index (χ3n) is 5.61. The van der Waals surface area contributed by atoms with E-state index in [1.807, 2.05) is 53.9 Å². The maximum absolute atomic E-state index is 12.5. The Morgan fingerprint density at radius 3 is 2.74 bits per heavy atom. The van der Waals surface area contributed by atoms with Crippen molar-refractivity contribution >= 4 is 28.9 Å². The van der Waals surface area contributed by atoms with Gasteiger partial charge in [-0.15, -0.1) is 11.3 Å². The predicted octanol–water partition coefficient (Wildman–Crippen LogP) is 4.69. The first-order valence-electron chi connectivity index (χ1n) is 10.5. The van der Waals surface area contributed by atoms with E-state index in [-0.39, 0.29) is 31.1 Å². The van der Waals surface area contributed by atoms with Crippen LogP contribution >= 0.6 is 11.3 Å². The molecule has 0 unspecified atom stereocenters. The summed E-state index contributed by atoms with van der Waals surface area (Å²) in [6, 6.07) is 15.6. The molecular formula is C24H22N2O4S. The van der Waals surface area contributed by atoms with Crippen LogP contribution < -0.4 is 9.64 Å². The number of carbonyl (C=O) groups excluding carboxylic acids is 2. The molecular weight excluding hydrogens is 412 g/mol. The van der Waals surface area contributed by atoms with Crippen LogP contribution in [0.1, 0.15) is 25.7 Å². The predicted molar refractivity (Wildman–Crippen MR) is 119 cm³/mol. The summed E-state index contributed by atoms with van der Waals surface area (Å²) < 4.78 is 11.1. The molecule has 1 aliphatic carbocycles. The summed E-state index contributed by atoms with van der Waals surface area (Å²) in [5.74, 6) is -0.0506. The second-order valence-electron chi connectivity index (χ2n) is 7.75. The topological polar surface area (TPSA) is 68.7 Å². The highest BCUT2D eigenvalue weighted by atomic mass is 32.1. The van der Waals surface area contributed by atoms with Gasteiger partial charge in [-0.1, -0.05) is 30.3 Å². The highest BCUT2D eigenvalue weighted by Crippen LogP contribution is 2.37. The van der Waals surface area contributed by atoms with Crippen LogP contribution in [0.5, 0.6) is 5.75 Å². The van der Waals surface area contributed by atoms with E-state index in [9.17, 15) is 9.59 Å². The summed E-state index contributed by atoms with van der Waals surface area (Å²) >= 11 is 1.57. The molecule has 1 saturated carbocycles. The van der Waals surface area contributed by atoms with Crippen molar-refractivity contribution in [3.05, 3.63) is 53.9 Å². The number of carbonyl (C=O) groups is 2. The number of aromatic nitrogens is 1. The zero-order valence-electron chi connectivity index (χ0n) is 17.0. The van der Waals surface area contributed by atoms with Gasteiger partial charge in [0.15, 0.2) is 6.61 Å². The molecule has 6 nitrogen and oxygen atoms in total. The number of amides is 1. The smallest absolute Gasteiger partial charge is 0.326 e. The number of nitrogens with zero attached hydrogens (tertiary/aromatic N) is 2. The lowest BCUT2D eigenvalue weighted by atomic mass is 10.1. The van der Waals surface area contributed by atoms with Gasteiger partial charge in [0, 0.05) is 16.5 Å². The molecule has 0 spiro atoms. The minimum Gasteiger partial charge on any atom is -0.482 e. The summed E-state index contributed by atoms with van der Waals surface area (Å²) in [6.45, 7) is -0.195. The molecule has 1 fully saturated rings. The Kier molecular flexibility index (Phi) is 5.42. The summed E-state index contributed by atoms with van der Waals surface area (Å²) in [6.07, 6.45) is 3.94. The van der Waals surface area contributed by atoms with Crippen molar-refractivity contribution < 1.29 is 19.1 Å². The molecule has 0 saturated heterocycles. The van der Waals surface area contributed by atoms with Crippen molar-refractivity contribution in [2.75, 3.05) is 18.1 Å². The van der Waals surface area contributed by atoms with E-state index in [0.717, 1.165) is 47.5 Å². The number of benzene rings is 2. The fraction of sp³-hybridized carbons (Fsp3) is 0.292. The van der Waals surface area contributed by atoms with Crippen LogP contribution in [0.15, 0.2) is 53.9 Å². The van der Waals surface area contributed by atoms with E-state index in [4.69, 9.17) is 14.5 Å². The van der Waals surface area contributed by atoms with Crippen LogP contribution in [-0.4, -0.2) is 36.1 Å². The Balaban J connectivity index is 1.40. The molecule has 31 heavy (non-hydrogen) atoms. The molecule has 2 heterocycles. The Morgan fingerprint density at radius 2 is 1.94 bits per heavy atom. The minimum absolute atomic E-state index is 0.0270. The minimum atomic E-state index is -0.376. The maximum Gasteiger partial charge on any atom is 0.326 e. The average Bonchev–Trinajstić information content (AvgIpc) is 3.48. The van der Waals surface area contributed by atoms with Crippen LogP contribution in [0.25, 0.3) is 21.8 Å². The highest BCUT2D eigenvalue weighted by molar-refractivity contribution is 7.13. The Morgan fingerprint density at radius 1 is 1.13 bits per heavy atom. The van der Waals surface area contributed by atoms with E-state index in [1.165, 1.54) is 4.90 Å². The first kappa shape index (κ1) is 19.8. The van der Waals surface area contributed by atoms with Crippen molar-refractivity contribution in [2.24, 2.45) is 0 Å². The molecule has 1 aliphatic heterocycles. The molecule has 2 aromatic carbocycles. The molecule has 5 rings (SSSR count). The van der Waals surface area contributed by atoms with Crippen molar-refractivity contribution in [1.29, 1.82) is 0 Å². The van der Waals surface area contributed by atoms with Gasteiger partial charge >= 0.3 is 5.97 Å². The van der Waals surface area contributed by atoms with Crippen LogP contribution in [0.2, 0.25) is 0 Å². The second-order valence-corrected chi connectivity index (χ2v) is 8.61. The molecule has 2 aliphatic rings. The summed E-state index contributed by atoms with van der Waals surface area (Å²) in [4.78, 5) is 31.2. The number of hydrogen-bond donors (Lipinski definition) is 0. The molecule has 7 heteroatoms. The van der Waals surface area contributed by atoms with Gasteiger partial charge in [0.25, 0.3) is 5.91 Å². The fourth-order valence-corrected chi connectivity index (χ4v) is 4.85. The van der Waals surface area contributed by atoms with Crippen molar-refractivity contribution in [2.45, 2.75) is 31.8 Å².